The standard InChI is InChI=1S/C17H34N2/c1-7-14-11-18-10-8-9-15(18)12-19(14)17(5,6)13-16(2,3)4/h14-15H,7-13H2,1-6H3. The van der Waals surface area contributed by atoms with Gasteiger partial charge in [0.05, 0.1) is 0 Å². The molecule has 0 aromatic carbocycles. The Morgan fingerprint density at radius 1 is 1.05 bits per heavy atom. The molecule has 19 heavy (non-hydrogen) atoms. The van der Waals surface area contributed by atoms with Crippen LogP contribution in [0, 0.1) is 5.41 Å². The van der Waals surface area contributed by atoms with Gasteiger partial charge in [0.2, 0.25) is 0 Å². The van der Waals surface area contributed by atoms with Crippen molar-refractivity contribution in [3.63, 3.8) is 0 Å². The first-order valence-corrected chi connectivity index (χ1v) is 8.24. The second-order valence-electron chi connectivity index (χ2n) is 8.56. The minimum absolute atomic E-state index is 0.327. The largest absolute Gasteiger partial charge is 0.298 e. The highest BCUT2D eigenvalue weighted by molar-refractivity contribution is 4.98. The highest BCUT2D eigenvalue weighted by Gasteiger charge is 2.42. The zero-order valence-electron chi connectivity index (χ0n) is 14.0. The van der Waals surface area contributed by atoms with Crippen LogP contribution in [0.4, 0.5) is 0 Å². The van der Waals surface area contributed by atoms with E-state index in [1.807, 2.05) is 0 Å². The first-order valence-electron chi connectivity index (χ1n) is 8.24. The lowest BCUT2D eigenvalue weighted by atomic mass is 9.79. The Kier molecular flexibility index (Phi) is 4.32. The summed E-state index contributed by atoms with van der Waals surface area (Å²) < 4.78 is 0. The predicted octanol–water partition coefficient (Wildman–Crippen LogP) is 3.76. The molecule has 0 N–H and O–H groups in total. The van der Waals surface area contributed by atoms with Crippen LogP contribution in [-0.4, -0.2) is 47.1 Å². The summed E-state index contributed by atoms with van der Waals surface area (Å²) in [5.41, 5.74) is 0.738. The highest BCUT2D eigenvalue weighted by Crippen LogP contribution is 2.36. The Hall–Kier alpha value is -0.0800. The molecule has 2 atom stereocenters. The van der Waals surface area contributed by atoms with Crippen molar-refractivity contribution in [3.05, 3.63) is 0 Å². The van der Waals surface area contributed by atoms with E-state index in [4.69, 9.17) is 0 Å². The third-order valence-corrected chi connectivity index (χ3v) is 5.00. The molecule has 0 spiro atoms. The van der Waals surface area contributed by atoms with Crippen LogP contribution in [0.2, 0.25) is 0 Å². The summed E-state index contributed by atoms with van der Waals surface area (Å²) in [4.78, 5) is 5.59. The molecule has 2 nitrogen and oxygen atoms in total. The van der Waals surface area contributed by atoms with E-state index in [0.29, 0.717) is 11.0 Å². The summed E-state index contributed by atoms with van der Waals surface area (Å²) >= 11 is 0. The van der Waals surface area contributed by atoms with E-state index in [-0.39, 0.29) is 0 Å². The SMILES string of the molecule is CCC1CN2CCCC2CN1C(C)(C)CC(C)(C)C. The van der Waals surface area contributed by atoms with Gasteiger partial charge < -0.3 is 0 Å². The van der Waals surface area contributed by atoms with E-state index >= 15 is 0 Å². The smallest absolute Gasteiger partial charge is 0.0226 e. The van der Waals surface area contributed by atoms with Crippen LogP contribution >= 0.6 is 0 Å². The van der Waals surface area contributed by atoms with E-state index in [1.54, 1.807) is 0 Å². The van der Waals surface area contributed by atoms with Gasteiger partial charge in [-0.25, -0.2) is 0 Å². The maximum Gasteiger partial charge on any atom is 0.0226 e. The highest BCUT2D eigenvalue weighted by atomic mass is 15.3. The van der Waals surface area contributed by atoms with Gasteiger partial charge in [-0.05, 0) is 51.5 Å². The van der Waals surface area contributed by atoms with Gasteiger partial charge in [0, 0.05) is 30.7 Å². The Balaban J connectivity index is 2.11. The van der Waals surface area contributed by atoms with E-state index in [0.717, 1.165) is 12.1 Å². The molecule has 2 fully saturated rings. The van der Waals surface area contributed by atoms with Crippen LogP contribution in [0.1, 0.15) is 67.2 Å². The molecule has 2 unspecified atom stereocenters. The molecular weight excluding hydrogens is 232 g/mol. The van der Waals surface area contributed by atoms with Crippen LogP contribution in [0.15, 0.2) is 0 Å². The number of hydrogen-bond acceptors (Lipinski definition) is 2. The Morgan fingerprint density at radius 2 is 1.74 bits per heavy atom. The molecule has 0 radical (unpaired) electrons. The summed E-state index contributed by atoms with van der Waals surface area (Å²) in [5, 5.41) is 0. The average Bonchev–Trinajstić information content (AvgIpc) is 2.70. The van der Waals surface area contributed by atoms with Gasteiger partial charge in [-0.2, -0.15) is 0 Å². The van der Waals surface area contributed by atoms with Gasteiger partial charge in [-0.1, -0.05) is 27.7 Å². The predicted molar refractivity (Wildman–Crippen MR) is 83.5 cm³/mol. The summed E-state index contributed by atoms with van der Waals surface area (Å²) in [7, 11) is 0. The maximum atomic E-state index is 2.84. The molecule has 2 aliphatic heterocycles. The average molecular weight is 266 g/mol. The molecule has 2 heteroatoms. The molecule has 0 saturated carbocycles. The van der Waals surface area contributed by atoms with E-state index in [9.17, 15) is 0 Å². The monoisotopic (exact) mass is 266 g/mol. The Labute approximate surface area is 120 Å². The number of nitrogens with zero attached hydrogens (tertiary/aromatic N) is 2. The van der Waals surface area contributed by atoms with Gasteiger partial charge in [-0.3, -0.25) is 9.80 Å². The van der Waals surface area contributed by atoms with Gasteiger partial charge >= 0.3 is 0 Å². The van der Waals surface area contributed by atoms with Crippen molar-refractivity contribution in [2.24, 2.45) is 5.41 Å². The van der Waals surface area contributed by atoms with Gasteiger partial charge in [0.1, 0.15) is 0 Å². The normalized spacial score (nSPS) is 30.6. The third kappa shape index (κ3) is 3.52. The fourth-order valence-electron chi connectivity index (χ4n) is 4.58. The molecule has 2 aliphatic rings. The van der Waals surface area contributed by atoms with Crippen molar-refractivity contribution in [2.45, 2.75) is 84.8 Å². The first-order chi connectivity index (χ1) is 8.73. The second kappa shape index (κ2) is 5.37. The molecule has 112 valence electrons. The molecular formula is C17H34N2. The summed E-state index contributed by atoms with van der Waals surface area (Å²) in [6, 6.07) is 1.59. The van der Waals surface area contributed by atoms with Crippen LogP contribution in [-0.2, 0) is 0 Å². The first kappa shape index (κ1) is 15.3. The van der Waals surface area contributed by atoms with E-state index < -0.39 is 0 Å². The summed E-state index contributed by atoms with van der Waals surface area (Å²) in [6.45, 7) is 18.4. The number of fused-ring (bicyclic) bond motifs is 1. The van der Waals surface area contributed by atoms with E-state index in [1.165, 1.54) is 45.3 Å². The topological polar surface area (TPSA) is 6.48 Å². The minimum atomic E-state index is 0.327. The molecule has 0 amide bonds. The fraction of sp³-hybridized carbons (Fsp3) is 1.00. The fourth-order valence-corrected chi connectivity index (χ4v) is 4.58. The number of piperazine rings is 1. The lowest BCUT2D eigenvalue weighted by Crippen LogP contribution is -2.62. The number of hydrogen-bond donors (Lipinski definition) is 0. The van der Waals surface area contributed by atoms with Crippen molar-refractivity contribution in [1.29, 1.82) is 0 Å². The molecule has 0 aliphatic carbocycles. The zero-order valence-corrected chi connectivity index (χ0v) is 14.0. The maximum absolute atomic E-state index is 2.84. The molecule has 0 aromatic rings. The number of rotatable bonds is 3. The van der Waals surface area contributed by atoms with Crippen molar-refractivity contribution in [2.75, 3.05) is 19.6 Å². The van der Waals surface area contributed by atoms with Crippen molar-refractivity contribution in [1.82, 2.24) is 9.80 Å². The second-order valence-corrected chi connectivity index (χ2v) is 8.56. The lowest BCUT2D eigenvalue weighted by Gasteiger charge is -2.52. The van der Waals surface area contributed by atoms with Gasteiger partial charge in [-0.15, -0.1) is 0 Å². The molecule has 0 aromatic heterocycles. The Morgan fingerprint density at radius 3 is 2.32 bits per heavy atom. The summed E-state index contributed by atoms with van der Waals surface area (Å²) in [6.07, 6.45) is 5.40. The Bertz CT molecular complexity index is 303. The van der Waals surface area contributed by atoms with Crippen LogP contribution in [0.25, 0.3) is 0 Å². The van der Waals surface area contributed by atoms with Gasteiger partial charge in [0.15, 0.2) is 0 Å². The van der Waals surface area contributed by atoms with Crippen LogP contribution < -0.4 is 0 Å². The van der Waals surface area contributed by atoms with Crippen molar-refractivity contribution in [3.8, 4) is 0 Å². The molecule has 2 saturated heterocycles. The minimum Gasteiger partial charge on any atom is -0.298 e. The van der Waals surface area contributed by atoms with E-state index in [2.05, 4.69) is 51.3 Å². The lowest BCUT2D eigenvalue weighted by molar-refractivity contribution is -0.0323. The molecule has 0 bridgehead atoms. The van der Waals surface area contributed by atoms with Crippen molar-refractivity contribution >= 4 is 0 Å². The van der Waals surface area contributed by atoms with Gasteiger partial charge in [0.25, 0.3) is 0 Å². The summed E-state index contributed by atoms with van der Waals surface area (Å²) in [5.74, 6) is 0. The molecule has 2 heterocycles. The molecule has 2 rings (SSSR count). The van der Waals surface area contributed by atoms with Crippen molar-refractivity contribution < 1.29 is 0 Å². The quantitative estimate of drug-likeness (QED) is 0.767. The van der Waals surface area contributed by atoms with Crippen LogP contribution in [0.5, 0.6) is 0 Å². The van der Waals surface area contributed by atoms with Crippen LogP contribution in [0.3, 0.4) is 0 Å². The zero-order chi connectivity index (χ0) is 14.3. The third-order valence-electron chi connectivity index (χ3n) is 5.00.